The third kappa shape index (κ3) is 4.66. The summed E-state index contributed by atoms with van der Waals surface area (Å²) in [6.45, 7) is 4.00. The van der Waals surface area contributed by atoms with Gasteiger partial charge in [-0.1, -0.05) is 44.2 Å². The van der Waals surface area contributed by atoms with Crippen LogP contribution in [0.25, 0.3) is 0 Å². The lowest BCUT2D eigenvalue weighted by Gasteiger charge is -2.21. The SMILES string of the molecule is CC(C)C(CN)C(=O)NC(Cc1ccccc1)C(=O)O. The Morgan fingerprint density at radius 3 is 2.30 bits per heavy atom. The van der Waals surface area contributed by atoms with Gasteiger partial charge in [0, 0.05) is 13.0 Å². The molecular weight excluding hydrogens is 256 g/mol. The maximum absolute atomic E-state index is 12.1. The number of benzene rings is 1. The van der Waals surface area contributed by atoms with Gasteiger partial charge in [-0.15, -0.1) is 0 Å². The Bertz CT molecular complexity index is 446. The zero-order valence-corrected chi connectivity index (χ0v) is 11.9. The minimum Gasteiger partial charge on any atom is -0.480 e. The van der Waals surface area contributed by atoms with Crippen molar-refractivity contribution < 1.29 is 14.7 Å². The average Bonchev–Trinajstić information content (AvgIpc) is 2.39. The maximum atomic E-state index is 12.1. The molecule has 110 valence electrons. The Labute approximate surface area is 119 Å². The third-order valence-electron chi connectivity index (χ3n) is 3.29. The number of hydrogen-bond donors (Lipinski definition) is 3. The Kier molecular flexibility index (Phi) is 6.18. The fourth-order valence-electron chi connectivity index (χ4n) is 2.01. The topological polar surface area (TPSA) is 92.4 Å². The summed E-state index contributed by atoms with van der Waals surface area (Å²) in [7, 11) is 0. The zero-order valence-electron chi connectivity index (χ0n) is 11.9. The summed E-state index contributed by atoms with van der Waals surface area (Å²) in [6.07, 6.45) is 0.261. The summed E-state index contributed by atoms with van der Waals surface area (Å²) in [5.41, 5.74) is 6.44. The lowest BCUT2D eigenvalue weighted by atomic mass is 9.94. The molecule has 1 aromatic carbocycles. The van der Waals surface area contributed by atoms with Gasteiger partial charge in [0.2, 0.25) is 5.91 Å². The van der Waals surface area contributed by atoms with Gasteiger partial charge in [0.05, 0.1) is 5.92 Å². The molecule has 0 aromatic heterocycles. The second kappa shape index (κ2) is 7.65. The summed E-state index contributed by atoms with van der Waals surface area (Å²) < 4.78 is 0. The number of hydrogen-bond acceptors (Lipinski definition) is 3. The monoisotopic (exact) mass is 278 g/mol. The number of amides is 1. The number of carbonyl (C=O) groups is 2. The molecular formula is C15H22N2O3. The van der Waals surface area contributed by atoms with Crippen molar-refractivity contribution in [2.24, 2.45) is 17.6 Å². The van der Waals surface area contributed by atoms with E-state index in [1.807, 2.05) is 44.2 Å². The summed E-state index contributed by atoms with van der Waals surface area (Å²) in [5, 5.41) is 11.8. The highest BCUT2D eigenvalue weighted by molar-refractivity contribution is 5.85. The van der Waals surface area contributed by atoms with Crippen molar-refractivity contribution in [1.29, 1.82) is 0 Å². The van der Waals surface area contributed by atoms with E-state index in [0.717, 1.165) is 5.56 Å². The van der Waals surface area contributed by atoms with E-state index >= 15 is 0 Å². The number of carboxylic acid groups (broad SMARTS) is 1. The van der Waals surface area contributed by atoms with E-state index in [4.69, 9.17) is 5.73 Å². The van der Waals surface area contributed by atoms with Crippen LogP contribution in [0.15, 0.2) is 30.3 Å². The average molecular weight is 278 g/mol. The predicted molar refractivity (Wildman–Crippen MR) is 77.1 cm³/mol. The van der Waals surface area contributed by atoms with E-state index in [1.54, 1.807) is 0 Å². The van der Waals surface area contributed by atoms with Crippen LogP contribution < -0.4 is 11.1 Å². The first-order valence-corrected chi connectivity index (χ1v) is 6.72. The fraction of sp³-hybridized carbons (Fsp3) is 0.467. The maximum Gasteiger partial charge on any atom is 0.326 e. The van der Waals surface area contributed by atoms with E-state index in [2.05, 4.69) is 5.32 Å². The normalized spacial score (nSPS) is 13.8. The number of carbonyl (C=O) groups excluding carboxylic acids is 1. The summed E-state index contributed by atoms with van der Waals surface area (Å²) in [5.74, 6) is -1.63. The zero-order chi connectivity index (χ0) is 15.1. The van der Waals surface area contributed by atoms with Crippen molar-refractivity contribution in [3.05, 3.63) is 35.9 Å². The van der Waals surface area contributed by atoms with Crippen molar-refractivity contribution in [2.45, 2.75) is 26.3 Å². The number of nitrogens with one attached hydrogen (secondary N) is 1. The highest BCUT2D eigenvalue weighted by Gasteiger charge is 2.26. The molecule has 5 heteroatoms. The summed E-state index contributed by atoms with van der Waals surface area (Å²) >= 11 is 0. The molecule has 0 radical (unpaired) electrons. The minimum atomic E-state index is -1.04. The molecule has 5 nitrogen and oxygen atoms in total. The van der Waals surface area contributed by atoms with Crippen LogP contribution in [0.2, 0.25) is 0 Å². The van der Waals surface area contributed by atoms with Crippen molar-refractivity contribution in [2.75, 3.05) is 6.54 Å². The Hall–Kier alpha value is -1.88. The van der Waals surface area contributed by atoms with Crippen LogP contribution in [-0.2, 0) is 16.0 Å². The number of nitrogens with two attached hydrogens (primary N) is 1. The van der Waals surface area contributed by atoms with Gasteiger partial charge in [0.15, 0.2) is 0 Å². The van der Waals surface area contributed by atoms with Crippen molar-refractivity contribution in [3.8, 4) is 0 Å². The van der Waals surface area contributed by atoms with Gasteiger partial charge >= 0.3 is 5.97 Å². The molecule has 1 amide bonds. The largest absolute Gasteiger partial charge is 0.480 e. The molecule has 0 aliphatic heterocycles. The number of aliphatic carboxylic acids is 1. The summed E-state index contributed by atoms with van der Waals surface area (Å²) in [4.78, 5) is 23.3. The van der Waals surface area contributed by atoms with Crippen LogP contribution in [0.5, 0.6) is 0 Å². The van der Waals surface area contributed by atoms with Crippen molar-refractivity contribution in [1.82, 2.24) is 5.32 Å². The molecule has 1 rings (SSSR count). The quantitative estimate of drug-likeness (QED) is 0.694. The standard InChI is InChI=1S/C15H22N2O3/c1-10(2)12(9-16)14(18)17-13(15(19)20)8-11-6-4-3-5-7-11/h3-7,10,12-13H,8-9,16H2,1-2H3,(H,17,18)(H,19,20). The summed E-state index contributed by atoms with van der Waals surface area (Å²) in [6, 6.07) is 8.29. The molecule has 2 unspecified atom stereocenters. The lowest BCUT2D eigenvalue weighted by molar-refractivity contribution is -0.142. The molecule has 4 N–H and O–H groups in total. The van der Waals surface area contributed by atoms with Gasteiger partial charge in [0.1, 0.15) is 6.04 Å². The number of carboxylic acids is 1. The molecule has 1 aromatic rings. The molecule has 0 spiro atoms. The van der Waals surface area contributed by atoms with Gasteiger partial charge in [0.25, 0.3) is 0 Å². The Morgan fingerprint density at radius 2 is 1.85 bits per heavy atom. The van der Waals surface area contributed by atoms with Crippen LogP contribution in [-0.4, -0.2) is 29.6 Å². The molecule has 20 heavy (non-hydrogen) atoms. The first-order valence-electron chi connectivity index (χ1n) is 6.72. The fourth-order valence-corrected chi connectivity index (χ4v) is 2.01. The smallest absolute Gasteiger partial charge is 0.326 e. The van der Waals surface area contributed by atoms with Crippen LogP contribution in [0.1, 0.15) is 19.4 Å². The van der Waals surface area contributed by atoms with Crippen LogP contribution in [0.3, 0.4) is 0 Å². The van der Waals surface area contributed by atoms with E-state index in [0.29, 0.717) is 0 Å². The van der Waals surface area contributed by atoms with Gasteiger partial charge in [-0.25, -0.2) is 4.79 Å². The van der Waals surface area contributed by atoms with Crippen LogP contribution >= 0.6 is 0 Å². The molecule has 0 bridgehead atoms. The van der Waals surface area contributed by atoms with Crippen LogP contribution in [0, 0.1) is 11.8 Å². The van der Waals surface area contributed by atoms with Gasteiger partial charge in [-0.05, 0) is 11.5 Å². The van der Waals surface area contributed by atoms with Gasteiger partial charge in [-0.3, -0.25) is 4.79 Å². The molecule has 0 aliphatic carbocycles. The van der Waals surface area contributed by atoms with E-state index in [9.17, 15) is 14.7 Å². The van der Waals surface area contributed by atoms with Crippen molar-refractivity contribution in [3.63, 3.8) is 0 Å². The second-order valence-corrected chi connectivity index (χ2v) is 5.18. The molecule has 0 saturated heterocycles. The lowest BCUT2D eigenvalue weighted by Crippen LogP contribution is -2.47. The Balaban J connectivity index is 2.73. The third-order valence-corrected chi connectivity index (χ3v) is 3.29. The first-order chi connectivity index (χ1) is 9.45. The number of rotatable bonds is 7. The van der Waals surface area contributed by atoms with Gasteiger partial charge < -0.3 is 16.2 Å². The molecule has 0 fully saturated rings. The molecule has 2 atom stereocenters. The van der Waals surface area contributed by atoms with E-state index in [1.165, 1.54) is 0 Å². The van der Waals surface area contributed by atoms with E-state index in [-0.39, 0.29) is 30.7 Å². The van der Waals surface area contributed by atoms with Crippen LogP contribution in [0.4, 0.5) is 0 Å². The minimum absolute atomic E-state index is 0.0752. The highest BCUT2D eigenvalue weighted by Crippen LogP contribution is 2.10. The molecule has 0 heterocycles. The van der Waals surface area contributed by atoms with Crippen molar-refractivity contribution >= 4 is 11.9 Å². The first kappa shape index (κ1) is 16.2. The Morgan fingerprint density at radius 1 is 1.25 bits per heavy atom. The van der Waals surface area contributed by atoms with E-state index < -0.39 is 12.0 Å². The van der Waals surface area contributed by atoms with Gasteiger partial charge in [-0.2, -0.15) is 0 Å². The highest BCUT2D eigenvalue weighted by atomic mass is 16.4. The molecule has 0 saturated carbocycles. The second-order valence-electron chi connectivity index (χ2n) is 5.18. The predicted octanol–water partition coefficient (Wildman–Crippen LogP) is 1.03. The molecule has 0 aliphatic rings.